The number of rotatable bonds is 3. The topological polar surface area (TPSA) is 41.1 Å². The highest BCUT2D eigenvalue weighted by Crippen LogP contribution is 2.24. The maximum atomic E-state index is 11.0. The van der Waals surface area contributed by atoms with Crippen molar-refractivity contribution in [3.8, 4) is 0 Å². The van der Waals surface area contributed by atoms with E-state index in [1.54, 1.807) is 0 Å². The maximum absolute atomic E-state index is 11.0. The molecule has 0 heterocycles. The quantitative estimate of drug-likeness (QED) is 0.895. The summed E-state index contributed by atoms with van der Waals surface area (Å²) in [4.78, 5) is 11.0. The molecule has 3 rings (SSSR count). The zero-order chi connectivity index (χ0) is 13.9. The maximum Gasteiger partial charge on any atom is 0.221 e. The van der Waals surface area contributed by atoms with Gasteiger partial charge in [-0.25, -0.2) is 0 Å². The fraction of sp³-hybridized carbons (Fsp3) is 0.235. The van der Waals surface area contributed by atoms with Crippen molar-refractivity contribution < 1.29 is 4.79 Å². The Balaban J connectivity index is 1.63. The van der Waals surface area contributed by atoms with E-state index >= 15 is 0 Å². The first-order valence-electron chi connectivity index (χ1n) is 6.92. The minimum Gasteiger partial charge on any atom is -0.382 e. The highest BCUT2D eigenvalue weighted by molar-refractivity contribution is 5.88. The van der Waals surface area contributed by atoms with Crippen molar-refractivity contribution in [2.75, 3.05) is 10.6 Å². The first-order chi connectivity index (χ1) is 9.70. The molecule has 0 aliphatic heterocycles. The van der Waals surface area contributed by atoms with Gasteiger partial charge in [0.15, 0.2) is 0 Å². The van der Waals surface area contributed by atoms with E-state index in [0.717, 1.165) is 24.2 Å². The lowest BCUT2D eigenvalue weighted by Crippen LogP contribution is -2.19. The molecule has 1 amide bonds. The summed E-state index contributed by atoms with van der Waals surface area (Å²) in [6.07, 6.45) is 2.15. The third-order valence-corrected chi connectivity index (χ3v) is 3.63. The molecule has 0 aromatic heterocycles. The molecule has 0 fully saturated rings. The number of fused-ring (bicyclic) bond motifs is 1. The molecule has 0 unspecified atom stereocenters. The van der Waals surface area contributed by atoms with E-state index in [4.69, 9.17) is 0 Å². The predicted molar refractivity (Wildman–Crippen MR) is 82.0 cm³/mol. The first-order valence-corrected chi connectivity index (χ1v) is 6.92. The average molecular weight is 266 g/mol. The Bertz CT molecular complexity index is 594. The molecule has 2 aromatic carbocycles. The van der Waals surface area contributed by atoms with Crippen LogP contribution in [0.3, 0.4) is 0 Å². The van der Waals surface area contributed by atoms with Gasteiger partial charge >= 0.3 is 0 Å². The number of benzene rings is 2. The van der Waals surface area contributed by atoms with Crippen molar-refractivity contribution in [2.24, 2.45) is 0 Å². The molecule has 2 N–H and O–H groups in total. The van der Waals surface area contributed by atoms with Gasteiger partial charge in [0, 0.05) is 24.3 Å². The number of hydrogen-bond donors (Lipinski definition) is 2. The summed E-state index contributed by atoms with van der Waals surface area (Å²) in [5.74, 6) is -0.0445. The summed E-state index contributed by atoms with van der Waals surface area (Å²) in [6.45, 7) is 1.52. The first kappa shape index (κ1) is 12.7. The minimum atomic E-state index is -0.0445. The smallest absolute Gasteiger partial charge is 0.221 e. The largest absolute Gasteiger partial charge is 0.382 e. The van der Waals surface area contributed by atoms with Gasteiger partial charge in [0.25, 0.3) is 0 Å². The van der Waals surface area contributed by atoms with Crippen LogP contribution in [0.15, 0.2) is 48.5 Å². The lowest BCUT2D eigenvalue weighted by atomic mass is 10.1. The molecule has 2 aromatic rings. The van der Waals surface area contributed by atoms with E-state index in [2.05, 4.69) is 34.9 Å². The average Bonchev–Trinajstić information content (AvgIpc) is 2.82. The zero-order valence-electron chi connectivity index (χ0n) is 11.5. The molecule has 0 bridgehead atoms. The van der Waals surface area contributed by atoms with Crippen molar-refractivity contribution in [1.29, 1.82) is 0 Å². The van der Waals surface area contributed by atoms with Gasteiger partial charge in [0.05, 0.1) is 0 Å². The van der Waals surface area contributed by atoms with Crippen molar-refractivity contribution in [1.82, 2.24) is 0 Å². The number of amides is 1. The molecule has 0 spiro atoms. The number of anilines is 2. The number of hydrogen-bond acceptors (Lipinski definition) is 2. The lowest BCUT2D eigenvalue weighted by molar-refractivity contribution is -0.114. The van der Waals surface area contributed by atoms with Gasteiger partial charge in [0.1, 0.15) is 0 Å². The van der Waals surface area contributed by atoms with Crippen LogP contribution in [0, 0.1) is 0 Å². The van der Waals surface area contributed by atoms with Gasteiger partial charge in [-0.15, -0.1) is 0 Å². The molecule has 3 heteroatoms. The fourth-order valence-electron chi connectivity index (χ4n) is 2.75. The summed E-state index contributed by atoms with van der Waals surface area (Å²) >= 11 is 0. The van der Waals surface area contributed by atoms with E-state index in [1.807, 2.05) is 24.3 Å². The number of carbonyl (C=O) groups is 1. The molecule has 0 saturated heterocycles. The Morgan fingerprint density at radius 3 is 2.05 bits per heavy atom. The van der Waals surface area contributed by atoms with E-state index in [1.165, 1.54) is 18.1 Å². The summed E-state index contributed by atoms with van der Waals surface area (Å²) < 4.78 is 0. The molecule has 1 aliphatic rings. The highest BCUT2D eigenvalue weighted by atomic mass is 16.1. The van der Waals surface area contributed by atoms with Crippen LogP contribution < -0.4 is 10.6 Å². The number of carbonyl (C=O) groups excluding carboxylic acids is 1. The van der Waals surface area contributed by atoms with Crippen molar-refractivity contribution in [2.45, 2.75) is 25.8 Å². The Kier molecular flexibility index (Phi) is 3.42. The van der Waals surface area contributed by atoms with E-state index in [9.17, 15) is 4.79 Å². The highest BCUT2D eigenvalue weighted by Gasteiger charge is 2.20. The van der Waals surface area contributed by atoms with Crippen LogP contribution in [0.4, 0.5) is 11.4 Å². The molecule has 0 radical (unpaired) electrons. The zero-order valence-corrected chi connectivity index (χ0v) is 11.5. The molecule has 0 saturated carbocycles. The van der Waals surface area contributed by atoms with Gasteiger partial charge in [0.2, 0.25) is 5.91 Å². The summed E-state index contributed by atoms with van der Waals surface area (Å²) in [7, 11) is 0. The molecule has 1 aliphatic carbocycles. The monoisotopic (exact) mass is 266 g/mol. The van der Waals surface area contributed by atoms with Crippen LogP contribution in [0.5, 0.6) is 0 Å². The second-order valence-corrected chi connectivity index (χ2v) is 5.28. The summed E-state index contributed by atoms with van der Waals surface area (Å²) in [5.41, 5.74) is 4.81. The molecule has 20 heavy (non-hydrogen) atoms. The van der Waals surface area contributed by atoms with Crippen LogP contribution in [0.2, 0.25) is 0 Å². The van der Waals surface area contributed by atoms with Gasteiger partial charge in [-0.05, 0) is 48.2 Å². The second-order valence-electron chi connectivity index (χ2n) is 5.28. The van der Waals surface area contributed by atoms with Crippen molar-refractivity contribution >= 4 is 17.3 Å². The van der Waals surface area contributed by atoms with Crippen LogP contribution in [0.25, 0.3) is 0 Å². The van der Waals surface area contributed by atoms with Crippen molar-refractivity contribution in [3.63, 3.8) is 0 Å². The SMILES string of the molecule is CC(=O)Nc1ccc(NC2Cc3ccccc3C2)cc1. The second kappa shape index (κ2) is 5.37. The minimum absolute atomic E-state index is 0.0445. The number of nitrogens with one attached hydrogen (secondary N) is 2. The van der Waals surface area contributed by atoms with Gasteiger partial charge in [-0.1, -0.05) is 24.3 Å². The van der Waals surface area contributed by atoms with E-state index in [-0.39, 0.29) is 5.91 Å². The van der Waals surface area contributed by atoms with E-state index < -0.39 is 0 Å². The van der Waals surface area contributed by atoms with Gasteiger partial charge in [-0.2, -0.15) is 0 Å². The normalized spacial score (nSPS) is 13.8. The fourth-order valence-corrected chi connectivity index (χ4v) is 2.75. The molecule has 3 nitrogen and oxygen atoms in total. The molecular formula is C17H18N2O. The molecular weight excluding hydrogens is 248 g/mol. The predicted octanol–water partition coefficient (Wildman–Crippen LogP) is 3.22. The van der Waals surface area contributed by atoms with Gasteiger partial charge in [-0.3, -0.25) is 4.79 Å². The van der Waals surface area contributed by atoms with Crippen LogP contribution in [-0.4, -0.2) is 11.9 Å². The summed E-state index contributed by atoms with van der Waals surface area (Å²) in [6, 6.07) is 16.9. The van der Waals surface area contributed by atoms with Crippen LogP contribution in [-0.2, 0) is 17.6 Å². The Morgan fingerprint density at radius 2 is 1.50 bits per heavy atom. The molecule has 0 atom stereocenters. The molecule has 102 valence electrons. The third kappa shape index (κ3) is 2.82. The third-order valence-electron chi connectivity index (χ3n) is 3.63. The Morgan fingerprint density at radius 1 is 0.950 bits per heavy atom. The van der Waals surface area contributed by atoms with Gasteiger partial charge < -0.3 is 10.6 Å². The Hall–Kier alpha value is -2.29. The summed E-state index contributed by atoms with van der Waals surface area (Å²) in [5, 5.41) is 6.33. The Labute approximate surface area is 119 Å². The van der Waals surface area contributed by atoms with Crippen LogP contribution in [0.1, 0.15) is 18.1 Å². The lowest BCUT2D eigenvalue weighted by Gasteiger charge is -2.14. The van der Waals surface area contributed by atoms with Crippen molar-refractivity contribution in [3.05, 3.63) is 59.7 Å². The standard InChI is InChI=1S/C17H18N2O/c1-12(20)18-15-6-8-16(9-7-15)19-17-10-13-4-2-3-5-14(13)11-17/h2-9,17,19H,10-11H2,1H3,(H,18,20). The van der Waals surface area contributed by atoms with Crippen LogP contribution >= 0.6 is 0 Å². The van der Waals surface area contributed by atoms with E-state index in [0.29, 0.717) is 6.04 Å².